The van der Waals surface area contributed by atoms with E-state index in [1.165, 1.54) is 12.1 Å². The van der Waals surface area contributed by atoms with Crippen LogP contribution in [-0.2, 0) is 0 Å². The fourth-order valence-electron chi connectivity index (χ4n) is 2.37. The first-order valence-corrected chi connectivity index (χ1v) is 7.46. The van der Waals surface area contributed by atoms with Crippen LogP contribution in [0.5, 0.6) is 0 Å². The summed E-state index contributed by atoms with van der Waals surface area (Å²) in [5, 5.41) is 7.89. The Labute approximate surface area is 129 Å². The predicted octanol–water partition coefficient (Wildman–Crippen LogP) is 4.05. The minimum absolute atomic E-state index is 0.247. The quantitative estimate of drug-likeness (QED) is 0.790. The van der Waals surface area contributed by atoms with Gasteiger partial charge < -0.3 is 5.32 Å². The van der Waals surface area contributed by atoms with Crippen LogP contribution in [0.15, 0.2) is 36.5 Å². The van der Waals surface area contributed by atoms with Crippen molar-refractivity contribution in [2.45, 2.75) is 33.2 Å². The van der Waals surface area contributed by atoms with Crippen molar-refractivity contribution in [2.24, 2.45) is 0 Å². The fourth-order valence-corrected chi connectivity index (χ4v) is 2.37. The van der Waals surface area contributed by atoms with Crippen LogP contribution in [0.25, 0.3) is 16.8 Å². The van der Waals surface area contributed by atoms with Crippen LogP contribution in [0.4, 0.5) is 10.2 Å². The van der Waals surface area contributed by atoms with Gasteiger partial charge in [-0.2, -0.15) is 9.61 Å². The molecular weight excluding hydrogens is 279 g/mol. The van der Waals surface area contributed by atoms with Gasteiger partial charge in [0.05, 0.1) is 6.20 Å². The first-order chi connectivity index (χ1) is 10.6. The third-order valence-corrected chi connectivity index (χ3v) is 3.76. The van der Waals surface area contributed by atoms with Crippen molar-refractivity contribution in [3.8, 4) is 11.1 Å². The van der Waals surface area contributed by atoms with E-state index in [0.29, 0.717) is 6.04 Å². The average molecular weight is 298 g/mol. The molecule has 1 unspecified atom stereocenters. The van der Waals surface area contributed by atoms with Crippen molar-refractivity contribution < 1.29 is 4.39 Å². The Bertz CT molecular complexity index is 792. The van der Waals surface area contributed by atoms with Gasteiger partial charge in [0.2, 0.25) is 0 Å². The molecule has 1 aromatic carbocycles. The van der Waals surface area contributed by atoms with Crippen molar-refractivity contribution in [1.29, 1.82) is 0 Å². The summed E-state index contributed by atoms with van der Waals surface area (Å²) < 4.78 is 14.9. The van der Waals surface area contributed by atoms with Gasteiger partial charge >= 0.3 is 0 Å². The fraction of sp³-hybridized carbons (Fsp3) is 0.294. The molecule has 0 fully saturated rings. The summed E-state index contributed by atoms with van der Waals surface area (Å²) in [6.45, 7) is 6.23. The number of aromatic nitrogens is 3. The van der Waals surface area contributed by atoms with Crippen LogP contribution in [0.2, 0.25) is 0 Å². The number of nitrogens with one attached hydrogen (secondary N) is 1. The van der Waals surface area contributed by atoms with Gasteiger partial charge in [-0.3, -0.25) is 0 Å². The molecule has 3 rings (SSSR count). The van der Waals surface area contributed by atoms with E-state index in [2.05, 4.69) is 29.2 Å². The van der Waals surface area contributed by atoms with Crippen LogP contribution < -0.4 is 5.32 Å². The summed E-state index contributed by atoms with van der Waals surface area (Å²) >= 11 is 0. The maximum Gasteiger partial charge on any atom is 0.165 e. The molecule has 1 atom stereocenters. The smallest absolute Gasteiger partial charge is 0.165 e. The van der Waals surface area contributed by atoms with E-state index in [9.17, 15) is 4.39 Å². The number of hydrogen-bond acceptors (Lipinski definition) is 3. The number of hydrogen-bond donors (Lipinski definition) is 1. The molecule has 0 saturated heterocycles. The maximum absolute atomic E-state index is 13.1. The monoisotopic (exact) mass is 298 g/mol. The minimum Gasteiger partial charge on any atom is -0.367 e. The van der Waals surface area contributed by atoms with E-state index >= 15 is 0 Å². The number of rotatable bonds is 4. The van der Waals surface area contributed by atoms with Gasteiger partial charge in [0.15, 0.2) is 5.65 Å². The molecule has 5 heteroatoms. The number of benzene rings is 1. The van der Waals surface area contributed by atoms with E-state index in [1.54, 1.807) is 22.8 Å². The molecule has 0 aliphatic heterocycles. The van der Waals surface area contributed by atoms with E-state index in [0.717, 1.165) is 34.7 Å². The Morgan fingerprint density at radius 3 is 2.68 bits per heavy atom. The Morgan fingerprint density at radius 2 is 2.00 bits per heavy atom. The molecule has 4 nitrogen and oxygen atoms in total. The van der Waals surface area contributed by atoms with Gasteiger partial charge in [0.25, 0.3) is 0 Å². The highest BCUT2D eigenvalue weighted by atomic mass is 19.1. The summed E-state index contributed by atoms with van der Waals surface area (Å²) in [5.74, 6) is 0.675. The van der Waals surface area contributed by atoms with E-state index in [-0.39, 0.29) is 5.82 Å². The summed E-state index contributed by atoms with van der Waals surface area (Å²) in [5.41, 5.74) is 3.50. The van der Waals surface area contributed by atoms with Crippen molar-refractivity contribution in [3.05, 3.63) is 48.0 Å². The number of halogens is 1. The summed E-state index contributed by atoms with van der Waals surface area (Å²) in [7, 11) is 0. The molecule has 0 radical (unpaired) electrons. The summed E-state index contributed by atoms with van der Waals surface area (Å²) in [4.78, 5) is 4.59. The lowest BCUT2D eigenvalue weighted by Crippen LogP contribution is -2.16. The second-order valence-corrected chi connectivity index (χ2v) is 5.54. The van der Waals surface area contributed by atoms with Crippen LogP contribution in [0.1, 0.15) is 26.0 Å². The second kappa shape index (κ2) is 5.75. The number of fused-ring (bicyclic) bond motifs is 1. The van der Waals surface area contributed by atoms with Crippen molar-refractivity contribution >= 4 is 11.5 Å². The zero-order chi connectivity index (χ0) is 15.7. The third-order valence-electron chi connectivity index (χ3n) is 3.76. The molecule has 3 aromatic rings. The zero-order valence-corrected chi connectivity index (χ0v) is 13.0. The standard InChI is InChI=1S/C17H19FN4/c1-4-11(2)20-16-9-12(3)21-17-15(10-19-22(16)17)13-5-7-14(18)8-6-13/h5-11,20H,4H2,1-3H3. The number of anilines is 1. The molecule has 0 saturated carbocycles. The first kappa shape index (κ1) is 14.5. The molecule has 0 bridgehead atoms. The second-order valence-electron chi connectivity index (χ2n) is 5.54. The summed E-state index contributed by atoms with van der Waals surface area (Å²) in [6.07, 6.45) is 2.80. The molecule has 2 aromatic heterocycles. The molecule has 2 heterocycles. The maximum atomic E-state index is 13.1. The Hall–Kier alpha value is -2.43. The average Bonchev–Trinajstić information content (AvgIpc) is 2.91. The van der Waals surface area contributed by atoms with Gasteiger partial charge in [-0.1, -0.05) is 19.1 Å². The van der Waals surface area contributed by atoms with E-state index in [1.807, 2.05) is 13.0 Å². The van der Waals surface area contributed by atoms with Gasteiger partial charge in [-0.25, -0.2) is 9.37 Å². The van der Waals surface area contributed by atoms with Crippen molar-refractivity contribution in [1.82, 2.24) is 14.6 Å². The molecular formula is C17H19FN4. The van der Waals surface area contributed by atoms with E-state index in [4.69, 9.17) is 0 Å². The van der Waals surface area contributed by atoms with Crippen LogP contribution in [0, 0.1) is 12.7 Å². The predicted molar refractivity (Wildman–Crippen MR) is 86.5 cm³/mol. The molecule has 0 spiro atoms. The Kier molecular flexibility index (Phi) is 3.79. The van der Waals surface area contributed by atoms with Gasteiger partial charge in [0, 0.05) is 23.4 Å². The molecule has 114 valence electrons. The number of nitrogens with zero attached hydrogens (tertiary/aromatic N) is 3. The number of aryl methyl sites for hydroxylation is 1. The highest BCUT2D eigenvalue weighted by Crippen LogP contribution is 2.26. The zero-order valence-electron chi connectivity index (χ0n) is 13.0. The van der Waals surface area contributed by atoms with Crippen molar-refractivity contribution in [2.75, 3.05) is 5.32 Å². The molecule has 0 amide bonds. The van der Waals surface area contributed by atoms with Gasteiger partial charge in [0.1, 0.15) is 11.6 Å². The SMILES string of the molecule is CCC(C)Nc1cc(C)nc2c(-c3ccc(F)cc3)cnn12. The third kappa shape index (κ3) is 2.66. The van der Waals surface area contributed by atoms with Gasteiger partial charge in [-0.15, -0.1) is 0 Å². The molecule has 22 heavy (non-hydrogen) atoms. The minimum atomic E-state index is -0.247. The molecule has 0 aliphatic carbocycles. The highest BCUT2D eigenvalue weighted by Gasteiger charge is 2.13. The topological polar surface area (TPSA) is 42.2 Å². The normalized spacial score (nSPS) is 12.5. The largest absolute Gasteiger partial charge is 0.367 e. The molecule has 0 aliphatic rings. The Balaban J connectivity index is 2.12. The first-order valence-electron chi connectivity index (χ1n) is 7.46. The van der Waals surface area contributed by atoms with Crippen LogP contribution >= 0.6 is 0 Å². The lowest BCUT2D eigenvalue weighted by Gasteiger charge is -2.14. The summed E-state index contributed by atoms with van der Waals surface area (Å²) in [6, 6.07) is 8.74. The van der Waals surface area contributed by atoms with Crippen LogP contribution in [-0.4, -0.2) is 20.6 Å². The van der Waals surface area contributed by atoms with Gasteiger partial charge in [-0.05, 0) is 38.0 Å². The van der Waals surface area contributed by atoms with Crippen LogP contribution in [0.3, 0.4) is 0 Å². The highest BCUT2D eigenvalue weighted by molar-refractivity contribution is 5.78. The Morgan fingerprint density at radius 1 is 1.27 bits per heavy atom. The van der Waals surface area contributed by atoms with Crippen molar-refractivity contribution in [3.63, 3.8) is 0 Å². The molecule has 1 N–H and O–H groups in total. The van der Waals surface area contributed by atoms with E-state index < -0.39 is 0 Å². The lowest BCUT2D eigenvalue weighted by molar-refractivity contribution is 0.628. The lowest BCUT2D eigenvalue weighted by atomic mass is 10.1.